The summed E-state index contributed by atoms with van der Waals surface area (Å²) in [6, 6.07) is 14.3. The fourth-order valence-corrected chi connectivity index (χ4v) is 3.12. The van der Waals surface area contributed by atoms with E-state index in [1.54, 1.807) is 36.5 Å². The van der Waals surface area contributed by atoms with Gasteiger partial charge in [0.25, 0.3) is 5.91 Å². The average molecular weight is 397 g/mol. The van der Waals surface area contributed by atoms with Crippen LogP contribution in [0.15, 0.2) is 54.7 Å². The lowest BCUT2D eigenvalue weighted by Crippen LogP contribution is -2.13. The minimum atomic E-state index is -0.308. The minimum absolute atomic E-state index is 0.140. The molecule has 0 spiro atoms. The molecule has 0 saturated carbocycles. The Bertz CT molecular complexity index is 1020. The Hall–Kier alpha value is -3.09. The first-order valence-corrected chi connectivity index (χ1v) is 9.00. The molecule has 1 amide bonds. The normalized spacial score (nSPS) is 12.9. The predicted molar refractivity (Wildman–Crippen MR) is 106 cm³/mol. The third-order valence-electron chi connectivity index (χ3n) is 4.32. The van der Waals surface area contributed by atoms with Gasteiger partial charge in [0.15, 0.2) is 25.1 Å². The molecule has 2 heterocycles. The Morgan fingerprint density at radius 3 is 2.54 bits per heavy atom. The van der Waals surface area contributed by atoms with Crippen molar-refractivity contribution in [2.24, 2.45) is 0 Å². The van der Waals surface area contributed by atoms with Gasteiger partial charge in [0.2, 0.25) is 0 Å². The maximum Gasteiger partial charge on any atom is 0.258 e. The van der Waals surface area contributed by atoms with Gasteiger partial charge in [0, 0.05) is 11.8 Å². The van der Waals surface area contributed by atoms with Gasteiger partial charge in [-0.05, 0) is 54.4 Å². The van der Waals surface area contributed by atoms with Gasteiger partial charge in [-0.15, -0.1) is 0 Å². The number of amides is 1. The van der Waals surface area contributed by atoms with Crippen molar-refractivity contribution >= 4 is 23.3 Å². The zero-order chi connectivity index (χ0) is 19.5. The highest BCUT2D eigenvalue weighted by Gasteiger charge is 2.15. The number of anilines is 1. The van der Waals surface area contributed by atoms with E-state index < -0.39 is 0 Å². The molecule has 1 aliphatic rings. The molecule has 0 radical (unpaired) electrons. The predicted octanol–water partition coefficient (Wildman–Crippen LogP) is 4.67. The Kier molecular flexibility index (Phi) is 5.14. The molecule has 0 bridgehead atoms. The van der Waals surface area contributed by atoms with Crippen molar-refractivity contribution in [3.05, 3.63) is 70.9 Å². The Balaban J connectivity index is 1.56. The van der Waals surface area contributed by atoms with E-state index in [4.69, 9.17) is 25.8 Å². The second kappa shape index (κ2) is 7.88. The van der Waals surface area contributed by atoms with E-state index >= 15 is 0 Å². The smallest absolute Gasteiger partial charge is 0.258 e. The van der Waals surface area contributed by atoms with Crippen LogP contribution in [0.5, 0.6) is 11.5 Å². The van der Waals surface area contributed by atoms with Crippen molar-refractivity contribution < 1.29 is 19.0 Å². The number of hydrogen-bond acceptors (Lipinski definition) is 5. The fourth-order valence-electron chi connectivity index (χ4n) is 2.90. The molecule has 3 aromatic rings. The van der Waals surface area contributed by atoms with Gasteiger partial charge in [-0.25, -0.2) is 4.98 Å². The first-order chi connectivity index (χ1) is 13.6. The zero-order valence-electron chi connectivity index (χ0n) is 15.1. The molecule has 4 rings (SSSR count). The molecule has 1 N–H and O–H groups in total. The molecule has 28 heavy (non-hydrogen) atoms. The maximum absolute atomic E-state index is 12.4. The summed E-state index contributed by atoms with van der Waals surface area (Å²) >= 11 is 6.07. The van der Waals surface area contributed by atoms with Crippen LogP contribution in [0.25, 0.3) is 11.1 Å². The van der Waals surface area contributed by atoms with Gasteiger partial charge in [-0.1, -0.05) is 23.7 Å². The van der Waals surface area contributed by atoms with Crippen LogP contribution in [-0.4, -0.2) is 24.5 Å². The van der Waals surface area contributed by atoms with Crippen LogP contribution >= 0.6 is 11.6 Å². The molecule has 0 aliphatic carbocycles. The lowest BCUT2D eigenvalue weighted by Gasteiger charge is -2.12. The zero-order valence-corrected chi connectivity index (χ0v) is 15.8. The number of rotatable bonds is 3. The van der Waals surface area contributed by atoms with Crippen LogP contribution in [0.3, 0.4) is 0 Å². The number of nitrogens with zero attached hydrogens (tertiary/aromatic N) is 1. The highest BCUT2D eigenvalue weighted by Crippen LogP contribution is 2.36. The van der Waals surface area contributed by atoms with Gasteiger partial charge < -0.3 is 19.5 Å². The number of carbonyl (C=O) groups excluding carboxylic acids is 1. The van der Waals surface area contributed by atoms with Crippen LogP contribution in [-0.2, 0) is 4.74 Å². The molecule has 6 nitrogen and oxygen atoms in total. The van der Waals surface area contributed by atoms with Crippen LogP contribution in [0.4, 0.5) is 5.82 Å². The number of aromatic nitrogens is 1. The third-order valence-corrected chi connectivity index (χ3v) is 4.65. The van der Waals surface area contributed by atoms with E-state index in [0.717, 1.165) is 16.7 Å². The monoisotopic (exact) mass is 396 g/mol. The van der Waals surface area contributed by atoms with Crippen molar-refractivity contribution in [1.82, 2.24) is 4.98 Å². The van der Waals surface area contributed by atoms with Crippen LogP contribution in [0.1, 0.15) is 15.9 Å². The Morgan fingerprint density at radius 1 is 1.07 bits per heavy atom. The molecule has 0 unspecified atom stereocenters. The first-order valence-electron chi connectivity index (χ1n) is 8.62. The van der Waals surface area contributed by atoms with E-state index in [2.05, 4.69) is 10.3 Å². The van der Waals surface area contributed by atoms with Crippen LogP contribution in [0.2, 0.25) is 5.02 Å². The quantitative estimate of drug-likeness (QED) is 0.697. The molecule has 7 heteroatoms. The summed E-state index contributed by atoms with van der Waals surface area (Å²) in [5.74, 6) is 1.40. The number of hydrogen-bond donors (Lipinski definition) is 1. The lowest BCUT2D eigenvalue weighted by atomic mass is 10.0. The number of pyridine rings is 1. The molecular weight excluding hydrogens is 380 g/mol. The molecular formula is C21H17ClN2O4. The third kappa shape index (κ3) is 3.78. The Labute approximate surface area is 167 Å². The SMILES string of the molecule is Cc1cc2c(cc1-c1ccc(NC(=O)c3ccccc3Cl)nc1)OCOCO2. The molecule has 0 atom stereocenters. The number of ether oxygens (including phenoxy) is 3. The van der Waals surface area contributed by atoms with E-state index in [-0.39, 0.29) is 19.5 Å². The van der Waals surface area contributed by atoms with Gasteiger partial charge in [0.1, 0.15) is 5.82 Å². The van der Waals surface area contributed by atoms with Crippen molar-refractivity contribution in [2.45, 2.75) is 6.92 Å². The summed E-state index contributed by atoms with van der Waals surface area (Å²) in [5, 5.41) is 3.15. The molecule has 1 aromatic heterocycles. The summed E-state index contributed by atoms with van der Waals surface area (Å²) in [6.07, 6.45) is 1.70. The van der Waals surface area contributed by atoms with Crippen LogP contribution in [0, 0.1) is 6.92 Å². The van der Waals surface area contributed by atoms with Gasteiger partial charge in [-0.3, -0.25) is 4.79 Å². The minimum Gasteiger partial charge on any atom is -0.464 e. The van der Waals surface area contributed by atoms with Crippen molar-refractivity contribution in [1.29, 1.82) is 0 Å². The van der Waals surface area contributed by atoms with Crippen molar-refractivity contribution in [3.63, 3.8) is 0 Å². The first kappa shape index (κ1) is 18.3. The number of halogens is 1. The standard InChI is InChI=1S/C21H17ClN2O4/c1-13-8-18-19(28-12-26-11-27-18)9-16(13)14-6-7-20(23-10-14)24-21(25)15-4-2-3-5-17(15)22/h2-10H,11-12H2,1H3,(H,23,24,25). The molecule has 2 aromatic carbocycles. The second-order valence-electron chi connectivity index (χ2n) is 6.21. The molecule has 0 fully saturated rings. The number of benzene rings is 2. The maximum atomic E-state index is 12.4. The number of fused-ring (bicyclic) bond motifs is 1. The number of carbonyl (C=O) groups is 1. The summed E-state index contributed by atoms with van der Waals surface area (Å²) in [4.78, 5) is 16.7. The number of nitrogens with one attached hydrogen (secondary N) is 1. The Morgan fingerprint density at radius 2 is 1.82 bits per heavy atom. The van der Waals surface area contributed by atoms with E-state index in [0.29, 0.717) is 27.9 Å². The van der Waals surface area contributed by atoms with Crippen molar-refractivity contribution in [2.75, 3.05) is 18.9 Å². The molecule has 0 saturated heterocycles. The largest absolute Gasteiger partial charge is 0.464 e. The van der Waals surface area contributed by atoms with Gasteiger partial charge in [0.05, 0.1) is 10.6 Å². The molecule has 142 valence electrons. The summed E-state index contributed by atoms with van der Waals surface area (Å²) in [6.45, 7) is 2.28. The van der Waals surface area contributed by atoms with E-state index in [1.165, 1.54) is 0 Å². The summed E-state index contributed by atoms with van der Waals surface area (Å²) in [7, 11) is 0. The topological polar surface area (TPSA) is 69.7 Å². The van der Waals surface area contributed by atoms with Crippen molar-refractivity contribution in [3.8, 4) is 22.6 Å². The second-order valence-corrected chi connectivity index (χ2v) is 6.62. The fraction of sp³-hybridized carbons (Fsp3) is 0.143. The van der Waals surface area contributed by atoms with Gasteiger partial charge >= 0.3 is 0 Å². The lowest BCUT2D eigenvalue weighted by molar-refractivity contribution is -0.0349. The number of aryl methyl sites for hydroxylation is 1. The highest BCUT2D eigenvalue weighted by molar-refractivity contribution is 6.34. The highest BCUT2D eigenvalue weighted by atomic mass is 35.5. The van der Waals surface area contributed by atoms with Crippen LogP contribution < -0.4 is 14.8 Å². The summed E-state index contributed by atoms with van der Waals surface area (Å²) < 4.78 is 16.2. The van der Waals surface area contributed by atoms with E-state index in [1.807, 2.05) is 25.1 Å². The molecule has 1 aliphatic heterocycles. The average Bonchev–Trinajstić information content (AvgIpc) is 2.93. The summed E-state index contributed by atoms with van der Waals surface area (Å²) in [5.41, 5.74) is 3.26. The van der Waals surface area contributed by atoms with Gasteiger partial charge in [-0.2, -0.15) is 0 Å². The van der Waals surface area contributed by atoms with E-state index in [9.17, 15) is 4.79 Å².